The van der Waals surface area contributed by atoms with Gasteiger partial charge in [-0.1, -0.05) is 41.1 Å². The van der Waals surface area contributed by atoms with E-state index < -0.39 is 0 Å². The van der Waals surface area contributed by atoms with E-state index in [1.165, 1.54) is 7.11 Å². The lowest BCUT2D eigenvalue weighted by atomic mass is 9.87. The first kappa shape index (κ1) is 14.3. The Labute approximate surface area is 121 Å². The van der Waals surface area contributed by atoms with Crippen LogP contribution < -0.4 is 0 Å². The molecule has 0 unspecified atom stereocenters. The lowest BCUT2D eigenvalue weighted by Gasteiger charge is -2.24. The van der Waals surface area contributed by atoms with E-state index in [0.717, 1.165) is 10.0 Å². The Kier molecular flexibility index (Phi) is 4.42. The maximum Gasteiger partial charge on any atom is 0.336 e. The second-order valence-corrected chi connectivity index (χ2v) is 5.62. The van der Waals surface area contributed by atoms with Crippen molar-refractivity contribution in [3.05, 3.63) is 46.0 Å². The van der Waals surface area contributed by atoms with Crippen LogP contribution in [0, 0.1) is 5.92 Å². The Balaban J connectivity index is 2.32. The summed E-state index contributed by atoms with van der Waals surface area (Å²) in [5.41, 5.74) is 1.78. The Morgan fingerprint density at radius 1 is 1.21 bits per heavy atom. The first-order valence-corrected chi connectivity index (χ1v) is 6.96. The highest BCUT2D eigenvalue weighted by Crippen LogP contribution is 2.41. The van der Waals surface area contributed by atoms with Crippen LogP contribution in [0.4, 0.5) is 0 Å². The van der Waals surface area contributed by atoms with E-state index >= 15 is 0 Å². The number of rotatable bonds is 3. The third-order valence-electron chi connectivity index (χ3n) is 3.57. The molecule has 0 N–H and O–H groups in total. The quantitative estimate of drug-likeness (QED) is 0.800. The van der Waals surface area contributed by atoms with E-state index in [0.29, 0.717) is 5.57 Å². The molecule has 0 saturated heterocycles. The van der Waals surface area contributed by atoms with E-state index in [2.05, 4.69) is 35.0 Å². The zero-order chi connectivity index (χ0) is 14.0. The van der Waals surface area contributed by atoms with Crippen LogP contribution in [0.1, 0.15) is 18.4 Å². The molecule has 0 radical (unpaired) electrons. The van der Waals surface area contributed by atoms with Gasteiger partial charge in [0.15, 0.2) is 0 Å². The average molecular weight is 325 g/mol. The molecule has 1 aromatic carbocycles. The molecule has 0 heterocycles. The summed E-state index contributed by atoms with van der Waals surface area (Å²) in [5.74, 6) is 0.0748. The molecule has 2 rings (SSSR count). The Morgan fingerprint density at radius 3 is 2.37 bits per heavy atom. The highest BCUT2D eigenvalue weighted by Gasteiger charge is 2.39. The van der Waals surface area contributed by atoms with Gasteiger partial charge in [-0.25, -0.2) is 4.79 Å². The minimum absolute atomic E-state index is 0.146. The van der Waals surface area contributed by atoms with Crippen LogP contribution >= 0.6 is 15.9 Å². The number of benzene rings is 1. The number of carbonyl (C=O) groups excluding carboxylic acids is 1. The van der Waals surface area contributed by atoms with Gasteiger partial charge in [-0.2, -0.15) is 0 Å². The number of methoxy groups -OCH3 is 2. The first-order chi connectivity index (χ1) is 9.08. The fourth-order valence-corrected chi connectivity index (χ4v) is 2.95. The van der Waals surface area contributed by atoms with Crippen molar-refractivity contribution in [2.45, 2.75) is 18.9 Å². The summed E-state index contributed by atoms with van der Waals surface area (Å²) in [6.45, 7) is 2.09. The van der Waals surface area contributed by atoms with E-state index in [1.807, 2.05) is 18.2 Å². The molecule has 3 nitrogen and oxygen atoms in total. The molecule has 19 heavy (non-hydrogen) atoms. The minimum Gasteiger partial charge on any atom is -0.466 e. The molecule has 0 fully saturated rings. The second kappa shape index (κ2) is 5.88. The smallest absolute Gasteiger partial charge is 0.336 e. The summed E-state index contributed by atoms with van der Waals surface area (Å²) < 4.78 is 11.4. The van der Waals surface area contributed by atoms with Gasteiger partial charge in [-0.05, 0) is 23.6 Å². The van der Waals surface area contributed by atoms with Gasteiger partial charge in [0, 0.05) is 17.5 Å². The lowest BCUT2D eigenvalue weighted by Crippen LogP contribution is -2.25. The van der Waals surface area contributed by atoms with Crippen LogP contribution in [0.5, 0.6) is 0 Å². The molecule has 0 aliphatic heterocycles. The fourth-order valence-electron chi connectivity index (χ4n) is 2.69. The number of hydrogen-bond donors (Lipinski definition) is 0. The molecular formula is C15H17BrO3. The Morgan fingerprint density at radius 2 is 1.84 bits per heavy atom. The van der Waals surface area contributed by atoms with Crippen molar-refractivity contribution in [3.63, 3.8) is 0 Å². The molecule has 0 amide bonds. The first-order valence-electron chi connectivity index (χ1n) is 6.16. The molecule has 0 saturated carbocycles. The highest BCUT2D eigenvalue weighted by molar-refractivity contribution is 9.10. The normalized spacial score (nSPS) is 26.1. The zero-order valence-electron chi connectivity index (χ0n) is 11.2. The van der Waals surface area contributed by atoms with Crippen molar-refractivity contribution in [1.29, 1.82) is 0 Å². The standard InChI is InChI=1S/C15H17BrO3/c1-9-8-12(15(17)19-3)14(18-2)13(9)10-4-6-11(16)7-5-10/h4-9,13-14H,1-3H3/t9-,13+,14+/m1/s1. The van der Waals surface area contributed by atoms with Gasteiger partial charge in [0.2, 0.25) is 0 Å². The van der Waals surface area contributed by atoms with Crippen LogP contribution in [0.15, 0.2) is 40.4 Å². The van der Waals surface area contributed by atoms with Gasteiger partial charge in [0.1, 0.15) is 0 Å². The summed E-state index contributed by atoms with van der Waals surface area (Å²) in [4.78, 5) is 11.8. The average Bonchev–Trinajstić information content (AvgIpc) is 2.75. The molecular weight excluding hydrogens is 308 g/mol. The molecule has 0 aromatic heterocycles. The molecule has 1 aromatic rings. The van der Waals surface area contributed by atoms with Crippen molar-refractivity contribution in [2.75, 3.05) is 14.2 Å². The van der Waals surface area contributed by atoms with E-state index in [1.54, 1.807) is 7.11 Å². The van der Waals surface area contributed by atoms with Gasteiger partial charge in [0.05, 0.1) is 18.8 Å². The zero-order valence-corrected chi connectivity index (χ0v) is 12.8. The van der Waals surface area contributed by atoms with Crippen molar-refractivity contribution >= 4 is 21.9 Å². The maximum absolute atomic E-state index is 11.8. The number of esters is 1. The summed E-state index contributed by atoms with van der Waals surface area (Å²) >= 11 is 3.43. The topological polar surface area (TPSA) is 35.5 Å². The lowest BCUT2D eigenvalue weighted by molar-refractivity contribution is -0.137. The monoisotopic (exact) mass is 324 g/mol. The van der Waals surface area contributed by atoms with Crippen molar-refractivity contribution in [3.8, 4) is 0 Å². The third-order valence-corrected chi connectivity index (χ3v) is 4.10. The molecule has 3 atom stereocenters. The van der Waals surface area contributed by atoms with Gasteiger partial charge in [0.25, 0.3) is 0 Å². The van der Waals surface area contributed by atoms with Crippen molar-refractivity contribution in [2.24, 2.45) is 5.92 Å². The largest absolute Gasteiger partial charge is 0.466 e. The van der Waals surface area contributed by atoms with E-state index in [4.69, 9.17) is 9.47 Å². The van der Waals surface area contributed by atoms with Crippen LogP contribution in [0.2, 0.25) is 0 Å². The van der Waals surface area contributed by atoms with Gasteiger partial charge in [-0.3, -0.25) is 0 Å². The third kappa shape index (κ3) is 2.74. The summed E-state index contributed by atoms with van der Waals surface area (Å²) in [6, 6.07) is 8.13. The molecule has 0 bridgehead atoms. The molecule has 1 aliphatic carbocycles. The predicted octanol–water partition coefficient (Wildman–Crippen LogP) is 3.30. The molecule has 102 valence electrons. The number of carbonyl (C=O) groups is 1. The van der Waals surface area contributed by atoms with Crippen LogP contribution in [-0.4, -0.2) is 26.3 Å². The second-order valence-electron chi connectivity index (χ2n) is 4.71. The van der Waals surface area contributed by atoms with E-state index in [9.17, 15) is 4.79 Å². The number of hydrogen-bond acceptors (Lipinski definition) is 3. The maximum atomic E-state index is 11.8. The molecule has 0 spiro atoms. The van der Waals surface area contributed by atoms with Crippen LogP contribution in [-0.2, 0) is 14.3 Å². The SMILES string of the molecule is COC(=O)C1=C[C@@H](C)[C@@H](c2ccc(Br)cc2)[C@H]1OC. The predicted molar refractivity (Wildman–Crippen MR) is 76.9 cm³/mol. The van der Waals surface area contributed by atoms with Crippen LogP contribution in [0.3, 0.4) is 0 Å². The fraction of sp³-hybridized carbons (Fsp3) is 0.400. The van der Waals surface area contributed by atoms with Crippen LogP contribution in [0.25, 0.3) is 0 Å². The summed E-state index contributed by atoms with van der Waals surface area (Å²) in [7, 11) is 3.03. The summed E-state index contributed by atoms with van der Waals surface area (Å²) in [6.07, 6.45) is 1.70. The summed E-state index contributed by atoms with van der Waals surface area (Å²) in [5, 5.41) is 0. The Hall–Kier alpha value is -1.13. The van der Waals surface area contributed by atoms with Crippen molar-refractivity contribution in [1.82, 2.24) is 0 Å². The van der Waals surface area contributed by atoms with Crippen molar-refractivity contribution < 1.29 is 14.3 Å². The van der Waals surface area contributed by atoms with Gasteiger partial charge >= 0.3 is 5.97 Å². The van der Waals surface area contributed by atoms with E-state index in [-0.39, 0.29) is 23.9 Å². The number of allylic oxidation sites excluding steroid dienone is 1. The highest BCUT2D eigenvalue weighted by atomic mass is 79.9. The van der Waals surface area contributed by atoms with Gasteiger partial charge in [-0.15, -0.1) is 0 Å². The number of ether oxygens (including phenoxy) is 2. The molecule has 4 heteroatoms. The minimum atomic E-state index is -0.307. The Bertz CT molecular complexity index is 493. The van der Waals surface area contributed by atoms with Gasteiger partial charge < -0.3 is 9.47 Å². The number of halogens is 1. The molecule has 1 aliphatic rings.